The van der Waals surface area contributed by atoms with E-state index in [9.17, 15) is 9.18 Å². The summed E-state index contributed by atoms with van der Waals surface area (Å²) < 4.78 is 18.4. The summed E-state index contributed by atoms with van der Waals surface area (Å²) in [5.41, 5.74) is -1.09. The van der Waals surface area contributed by atoms with Crippen LogP contribution in [0, 0.1) is 5.82 Å². The molecular weight excluding hydrogens is 263 g/mol. The van der Waals surface area contributed by atoms with Crippen molar-refractivity contribution in [3.8, 4) is 5.75 Å². The Morgan fingerprint density at radius 2 is 2.10 bits per heavy atom. The number of halogens is 1. The van der Waals surface area contributed by atoms with Gasteiger partial charge in [0.2, 0.25) is 0 Å². The summed E-state index contributed by atoms with van der Waals surface area (Å²) in [6.07, 6.45) is 1.36. The van der Waals surface area contributed by atoms with Crippen LogP contribution in [-0.4, -0.2) is 26.7 Å². The van der Waals surface area contributed by atoms with E-state index in [1.54, 1.807) is 13.8 Å². The summed E-state index contributed by atoms with van der Waals surface area (Å²) in [5, 5.41) is 9.01. The molecule has 2 rings (SSSR count). The van der Waals surface area contributed by atoms with E-state index in [-0.39, 0.29) is 18.3 Å². The maximum Gasteiger partial charge on any atom is 0.263 e. The monoisotopic (exact) mass is 278 g/mol. The number of benzene rings is 1. The first kappa shape index (κ1) is 14.0. The molecule has 0 radical (unpaired) electrons. The largest absolute Gasteiger partial charge is 0.478 e. The molecule has 106 valence electrons. The molecule has 2 N–H and O–H groups in total. The van der Waals surface area contributed by atoms with Crippen LogP contribution in [0.15, 0.2) is 30.6 Å². The van der Waals surface area contributed by atoms with E-state index in [1.165, 1.54) is 30.6 Å². The second-order valence-corrected chi connectivity index (χ2v) is 4.68. The molecule has 0 fully saturated rings. The van der Waals surface area contributed by atoms with E-state index in [0.717, 1.165) is 0 Å². The second kappa shape index (κ2) is 5.68. The number of carbonyl (C=O) groups excluding carboxylic acids is 1. The average Bonchev–Trinajstić information content (AvgIpc) is 2.91. The maximum absolute atomic E-state index is 12.8. The van der Waals surface area contributed by atoms with Gasteiger partial charge < -0.3 is 10.1 Å². The molecule has 7 heteroatoms. The van der Waals surface area contributed by atoms with Gasteiger partial charge >= 0.3 is 0 Å². The number of aromatic nitrogens is 3. The standard InChI is InChI=1S/C13H15FN4O2/c1-13(2,20-10-5-3-9(14)4-6-10)12(19)15-7-11-16-8-17-18-11/h3-6,8H,7H2,1-2H3,(H,15,19)(H,16,17,18). The smallest absolute Gasteiger partial charge is 0.263 e. The fourth-order valence-electron chi connectivity index (χ4n) is 1.54. The highest BCUT2D eigenvalue weighted by molar-refractivity contribution is 5.84. The summed E-state index contributed by atoms with van der Waals surface area (Å²) in [6.45, 7) is 3.49. The van der Waals surface area contributed by atoms with Crippen molar-refractivity contribution in [2.75, 3.05) is 0 Å². The molecule has 0 aliphatic rings. The first-order chi connectivity index (χ1) is 9.47. The molecule has 6 nitrogen and oxygen atoms in total. The molecule has 0 aliphatic heterocycles. The fraction of sp³-hybridized carbons (Fsp3) is 0.308. The van der Waals surface area contributed by atoms with Gasteiger partial charge in [0.05, 0.1) is 6.54 Å². The van der Waals surface area contributed by atoms with Gasteiger partial charge in [-0.2, -0.15) is 5.10 Å². The van der Waals surface area contributed by atoms with E-state index in [4.69, 9.17) is 4.74 Å². The minimum Gasteiger partial charge on any atom is -0.478 e. The van der Waals surface area contributed by atoms with Gasteiger partial charge in [-0.3, -0.25) is 9.89 Å². The van der Waals surface area contributed by atoms with Crippen LogP contribution in [0.25, 0.3) is 0 Å². The Morgan fingerprint density at radius 3 is 2.70 bits per heavy atom. The highest BCUT2D eigenvalue weighted by Gasteiger charge is 2.29. The number of hydrogen-bond donors (Lipinski definition) is 2. The number of hydrogen-bond acceptors (Lipinski definition) is 4. The number of ether oxygens (including phenoxy) is 1. The molecule has 0 spiro atoms. The van der Waals surface area contributed by atoms with Crippen molar-refractivity contribution < 1.29 is 13.9 Å². The van der Waals surface area contributed by atoms with Gasteiger partial charge in [-0.1, -0.05) is 0 Å². The zero-order chi connectivity index (χ0) is 14.6. The van der Waals surface area contributed by atoms with Crippen LogP contribution in [0.4, 0.5) is 4.39 Å². The number of nitrogens with one attached hydrogen (secondary N) is 2. The van der Waals surface area contributed by atoms with Gasteiger partial charge in [0.15, 0.2) is 5.60 Å². The van der Waals surface area contributed by atoms with Gasteiger partial charge in [0.1, 0.15) is 23.7 Å². The van der Waals surface area contributed by atoms with E-state index in [0.29, 0.717) is 11.6 Å². The second-order valence-electron chi connectivity index (χ2n) is 4.68. The third-order valence-corrected chi connectivity index (χ3v) is 2.61. The molecule has 0 saturated heterocycles. The lowest BCUT2D eigenvalue weighted by molar-refractivity contribution is -0.134. The van der Waals surface area contributed by atoms with Crippen LogP contribution in [-0.2, 0) is 11.3 Å². The van der Waals surface area contributed by atoms with Crippen LogP contribution in [0.3, 0.4) is 0 Å². The van der Waals surface area contributed by atoms with Crippen molar-refractivity contribution in [1.29, 1.82) is 0 Å². The van der Waals surface area contributed by atoms with Gasteiger partial charge in [-0.25, -0.2) is 9.37 Å². The van der Waals surface area contributed by atoms with Crippen LogP contribution in [0.2, 0.25) is 0 Å². The SMILES string of the molecule is CC(C)(Oc1ccc(F)cc1)C(=O)NCc1ncn[nH]1. The molecule has 0 aliphatic carbocycles. The molecule has 0 bridgehead atoms. The minimum atomic E-state index is -1.09. The van der Waals surface area contributed by atoms with Gasteiger partial charge in [0, 0.05) is 0 Å². The predicted molar refractivity (Wildman–Crippen MR) is 69.3 cm³/mol. The predicted octanol–water partition coefficient (Wildman–Crippen LogP) is 1.42. The molecule has 1 heterocycles. The maximum atomic E-state index is 12.8. The molecule has 2 aromatic rings. The third kappa shape index (κ3) is 3.53. The molecule has 1 amide bonds. The Morgan fingerprint density at radius 1 is 1.40 bits per heavy atom. The van der Waals surface area contributed by atoms with Crippen molar-refractivity contribution >= 4 is 5.91 Å². The zero-order valence-electron chi connectivity index (χ0n) is 11.2. The summed E-state index contributed by atoms with van der Waals surface area (Å²) >= 11 is 0. The van der Waals surface area contributed by atoms with E-state index in [2.05, 4.69) is 20.5 Å². The van der Waals surface area contributed by atoms with E-state index >= 15 is 0 Å². The Hall–Kier alpha value is -2.44. The number of rotatable bonds is 5. The number of carbonyl (C=O) groups is 1. The highest BCUT2D eigenvalue weighted by atomic mass is 19.1. The van der Waals surface area contributed by atoms with Gasteiger partial charge in [0.25, 0.3) is 5.91 Å². The summed E-state index contributed by atoms with van der Waals surface area (Å²) in [4.78, 5) is 16.0. The number of nitrogens with zero attached hydrogens (tertiary/aromatic N) is 2. The lowest BCUT2D eigenvalue weighted by Crippen LogP contribution is -2.46. The summed E-state index contributed by atoms with van der Waals surface area (Å²) in [7, 11) is 0. The molecule has 1 aromatic carbocycles. The van der Waals surface area contributed by atoms with Crippen LogP contribution >= 0.6 is 0 Å². The Bertz CT molecular complexity index is 567. The van der Waals surface area contributed by atoms with E-state index < -0.39 is 5.60 Å². The third-order valence-electron chi connectivity index (χ3n) is 2.61. The Labute approximate surface area is 115 Å². The minimum absolute atomic E-state index is 0.231. The van der Waals surface area contributed by atoms with Gasteiger partial charge in [-0.05, 0) is 38.1 Å². The molecular formula is C13H15FN4O2. The zero-order valence-corrected chi connectivity index (χ0v) is 11.2. The van der Waals surface area contributed by atoms with Gasteiger partial charge in [-0.15, -0.1) is 0 Å². The quantitative estimate of drug-likeness (QED) is 0.866. The first-order valence-electron chi connectivity index (χ1n) is 6.04. The Balaban J connectivity index is 1.94. The van der Waals surface area contributed by atoms with Crippen LogP contribution in [0.1, 0.15) is 19.7 Å². The lowest BCUT2D eigenvalue weighted by atomic mass is 10.1. The fourth-order valence-corrected chi connectivity index (χ4v) is 1.54. The molecule has 20 heavy (non-hydrogen) atoms. The Kier molecular flexibility index (Phi) is 3.97. The number of aromatic amines is 1. The molecule has 0 unspecified atom stereocenters. The van der Waals surface area contributed by atoms with Crippen LogP contribution < -0.4 is 10.1 Å². The van der Waals surface area contributed by atoms with Crippen molar-refractivity contribution in [3.63, 3.8) is 0 Å². The number of amides is 1. The van der Waals surface area contributed by atoms with Crippen molar-refractivity contribution in [2.45, 2.75) is 26.0 Å². The topological polar surface area (TPSA) is 79.9 Å². The van der Waals surface area contributed by atoms with Crippen molar-refractivity contribution in [1.82, 2.24) is 20.5 Å². The van der Waals surface area contributed by atoms with Crippen LogP contribution in [0.5, 0.6) is 5.75 Å². The molecule has 1 aromatic heterocycles. The lowest BCUT2D eigenvalue weighted by Gasteiger charge is -2.25. The summed E-state index contributed by atoms with van der Waals surface area (Å²) in [5.74, 6) is 0.310. The highest BCUT2D eigenvalue weighted by Crippen LogP contribution is 2.18. The van der Waals surface area contributed by atoms with E-state index in [1.807, 2.05) is 0 Å². The number of H-pyrrole nitrogens is 1. The molecule has 0 saturated carbocycles. The summed E-state index contributed by atoms with van der Waals surface area (Å²) in [6, 6.07) is 5.50. The van der Waals surface area contributed by atoms with Crippen molar-refractivity contribution in [2.24, 2.45) is 0 Å². The molecule has 0 atom stereocenters. The first-order valence-corrected chi connectivity index (χ1v) is 6.04. The normalized spacial score (nSPS) is 11.2. The van der Waals surface area contributed by atoms with Crippen molar-refractivity contribution in [3.05, 3.63) is 42.2 Å². The average molecular weight is 278 g/mol.